The number of carboxylic acids is 1. The fourth-order valence-corrected chi connectivity index (χ4v) is 4.80. The number of hydrogen-bond acceptors (Lipinski definition) is 7. The number of aromatic carboxylic acids is 1. The molecule has 0 saturated heterocycles. The van der Waals surface area contributed by atoms with Crippen molar-refractivity contribution in [1.29, 1.82) is 0 Å². The van der Waals surface area contributed by atoms with E-state index in [0.717, 1.165) is 42.0 Å². The van der Waals surface area contributed by atoms with Crippen LogP contribution >= 0.6 is 0 Å². The first-order chi connectivity index (χ1) is 20.5. The maximum Gasteiger partial charge on any atom is 0.356 e. The molecule has 2 atom stereocenters. The van der Waals surface area contributed by atoms with Gasteiger partial charge in [-0.25, -0.2) is 14.5 Å². The Hall–Kier alpha value is -5.03. The SMILES string of the molecule is O=C(Cn1nc(C(=O)O)cc1C(=O)N[C@H]1CCCC[C@@H]1OCc1ccccc1)Nc1ncccc1Oc1ccccc1. The minimum Gasteiger partial charge on any atom is -0.476 e. The summed E-state index contributed by atoms with van der Waals surface area (Å²) in [6, 6.07) is 23.0. The lowest BCUT2D eigenvalue weighted by atomic mass is 9.92. The fraction of sp³-hybridized carbons (Fsp3) is 0.258. The van der Waals surface area contributed by atoms with E-state index >= 15 is 0 Å². The molecular weight excluding hydrogens is 538 g/mol. The maximum atomic E-state index is 13.4. The van der Waals surface area contributed by atoms with Gasteiger partial charge in [0.2, 0.25) is 5.91 Å². The summed E-state index contributed by atoms with van der Waals surface area (Å²) >= 11 is 0. The summed E-state index contributed by atoms with van der Waals surface area (Å²) in [6.45, 7) is -0.00136. The molecule has 42 heavy (non-hydrogen) atoms. The van der Waals surface area contributed by atoms with Gasteiger partial charge in [-0.3, -0.25) is 9.59 Å². The Balaban J connectivity index is 1.27. The Morgan fingerprint density at radius 2 is 1.69 bits per heavy atom. The summed E-state index contributed by atoms with van der Waals surface area (Å²) < 4.78 is 13.1. The van der Waals surface area contributed by atoms with Gasteiger partial charge in [-0.2, -0.15) is 5.10 Å². The van der Waals surface area contributed by atoms with Gasteiger partial charge >= 0.3 is 5.97 Å². The van der Waals surface area contributed by atoms with Crippen LogP contribution in [-0.2, 0) is 22.7 Å². The van der Waals surface area contributed by atoms with E-state index in [0.29, 0.717) is 18.1 Å². The van der Waals surface area contributed by atoms with Gasteiger partial charge in [0.05, 0.1) is 18.8 Å². The molecule has 2 heterocycles. The summed E-state index contributed by atoms with van der Waals surface area (Å²) in [5, 5.41) is 19.2. The number of para-hydroxylation sites is 1. The Labute approximate surface area is 242 Å². The minimum atomic E-state index is -1.31. The molecular formula is C31H31N5O6. The number of rotatable bonds is 11. The minimum absolute atomic E-state index is 0.0447. The molecule has 216 valence electrons. The third-order valence-electron chi connectivity index (χ3n) is 6.85. The number of ether oxygens (including phenoxy) is 2. The summed E-state index contributed by atoms with van der Waals surface area (Å²) in [4.78, 5) is 42.3. The van der Waals surface area contributed by atoms with Crippen LogP contribution in [0.4, 0.5) is 5.82 Å². The zero-order valence-electron chi connectivity index (χ0n) is 22.8. The van der Waals surface area contributed by atoms with E-state index < -0.39 is 24.3 Å². The highest BCUT2D eigenvalue weighted by Gasteiger charge is 2.29. The van der Waals surface area contributed by atoms with Crippen molar-refractivity contribution < 1.29 is 29.0 Å². The van der Waals surface area contributed by atoms with Gasteiger partial charge in [0.25, 0.3) is 5.91 Å². The van der Waals surface area contributed by atoms with Crippen molar-refractivity contribution in [3.8, 4) is 11.5 Å². The first-order valence-corrected chi connectivity index (χ1v) is 13.7. The molecule has 0 spiro atoms. The van der Waals surface area contributed by atoms with E-state index in [9.17, 15) is 19.5 Å². The number of nitrogens with zero attached hydrogens (tertiary/aromatic N) is 3. The molecule has 1 aliphatic carbocycles. The quantitative estimate of drug-likeness (QED) is 0.236. The third-order valence-corrected chi connectivity index (χ3v) is 6.85. The van der Waals surface area contributed by atoms with Gasteiger partial charge in [-0.15, -0.1) is 0 Å². The van der Waals surface area contributed by atoms with Crippen LogP contribution in [0.2, 0.25) is 0 Å². The zero-order valence-corrected chi connectivity index (χ0v) is 22.8. The average molecular weight is 570 g/mol. The van der Waals surface area contributed by atoms with Crippen LogP contribution in [0.1, 0.15) is 52.2 Å². The highest BCUT2D eigenvalue weighted by Crippen LogP contribution is 2.27. The van der Waals surface area contributed by atoms with Crippen molar-refractivity contribution in [3.63, 3.8) is 0 Å². The van der Waals surface area contributed by atoms with E-state index in [-0.39, 0.29) is 29.4 Å². The lowest BCUT2D eigenvalue weighted by Gasteiger charge is -2.32. The molecule has 0 unspecified atom stereocenters. The lowest BCUT2D eigenvalue weighted by Crippen LogP contribution is -2.46. The van der Waals surface area contributed by atoms with Gasteiger partial charge in [0.15, 0.2) is 17.3 Å². The van der Waals surface area contributed by atoms with Gasteiger partial charge in [-0.1, -0.05) is 61.4 Å². The third kappa shape index (κ3) is 7.38. The summed E-state index contributed by atoms with van der Waals surface area (Å²) in [6.07, 6.45) is 4.72. The second-order valence-electron chi connectivity index (χ2n) is 9.89. The molecule has 11 nitrogen and oxygen atoms in total. The number of benzene rings is 2. The molecule has 3 N–H and O–H groups in total. The Kier molecular flexibility index (Phi) is 9.20. The van der Waals surface area contributed by atoms with E-state index in [2.05, 4.69) is 20.7 Å². The first kappa shape index (κ1) is 28.5. The zero-order chi connectivity index (χ0) is 29.3. The molecule has 5 rings (SSSR count). The number of nitrogens with one attached hydrogen (secondary N) is 2. The molecule has 1 aliphatic rings. The molecule has 0 bridgehead atoms. The number of aromatic nitrogens is 3. The van der Waals surface area contributed by atoms with Crippen molar-refractivity contribution in [2.24, 2.45) is 0 Å². The van der Waals surface area contributed by atoms with Crippen LogP contribution in [0.5, 0.6) is 11.5 Å². The molecule has 4 aromatic rings. The number of hydrogen-bond donors (Lipinski definition) is 3. The van der Waals surface area contributed by atoms with Crippen molar-refractivity contribution in [1.82, 2.24) is 20.1 Å². The molecule has 11 heteroatoms. The molecule has 2 aromatic heterocycles. The van der Waals surface area contributed by atoms with E-state index in [4.69, 9.17) is 9.47 Å². The molecule has 0 aliphatic heterocycles. The van der Waals surface area contributed by atoms with Crippen LogP contribution < -0.4 is 15.4 Å². The Bertz CT molecular complexity index is 1530. The van der Waals surface area contributed by atoms with Crippen LogP contribution in [-0.4, -0.2) is 49.8 Å². The monoisotopic (exact) mass is 569 g/mol. The smallest absolute Gasteiger partial charge is 0.356 e. The summed E-state index contributed by atoms with van der Waals surface area (Å²) in [5.74, 6) is -1.36. The van der Waals surface area contributed by atoms with E-state index in [1.165, 1.54) is 6.20 Å². The van der Waals surface area contributed by atoms with Gasteiger partial charge in [0.1, 0.15) is 18.0 Å². The van der Waals surface area contributed by atoms with E-state index in [1.54, 1.807) is 24.3 Å². The number of carboxylic acid groups (broad SMARTS) is 1. The van der Waals surface area contributed by atoms with E-state index in [1.807, 2.05) is 48.5 Å². The highest BCUT2D eigenvalue weighted by atomic mass is 16.5. The second kappa shape index (κ2) is 13.6. The fourth-order valence-electron chi connectivity index (χ4n) is 4.80. The number of carbonyl (C=O) groups excluding carboxylic acids is 2. The van der Waals surface area contributed by atoms with Gasteiger partial charge < -0.3 is 25.2 Å². The molecule has 1 saturated carbocycles. The first-order valence-electron chi connectivity index (χ1n) is 13.7. The average Bonchev–Trinajstić information content (AvgIpc) is 3.43. The Morgan fingerprint density at radius 1 is 0.952 bits per heavy atom. The van der Waals surface area contributed by atoms with Crippen LogP contribution in [0.25, 0.3) is 0 Å². The van der Waals surface area contributed by atoms with Crippen molar-refractivity contribution in [2.45, 2.75) is 51.0 Å². The van der Waals surface area contributed by atoms with Crippen molar-refractivity contribution in [2.75, 3.05) is 5.32 Å². The Morgan fingerprint density at radius 3 is 2.45 bits per heavy atom. The predicted octanol–water partition coefficient (Wildman–Crippen LogP) is 4.67. The van der Waals surface area contributed by atoms with Crippen molar-refractivity contribution in [3.05, 3.63) is 102 Å². The highest BCUT2D eigenvalue weighted by molar-refractivity contribution is 5.97. The number of amides is 2. The molecule has 2 amide bonds. The van der Waals surface area contributed by atoms with Crippen LogP contribution in [0.3, 0.4) is 0 Å². The van der Waals surface area contributed by atoms with Crippen LogP contribution in [0, 0.1) is 0 Å². The molecule has 2 aromatic carbocycles. The molecule has 0 radical (unpaired) electrons. The number of carbonyl (C=O) groups is 3. The predicted molar refractivity (Wildman–Crippen MR) is 153 cm³/mol. The summed E-state index contributed by atoms with van der Waals surface area (Å²) in [7, 11) is 0. The number of anilines is 1. The van der Waals surface area contributed by atoms with Gasteiger partial charge in [-0.05, 0) is 42.7 Å². The standard InChI is InChI=1S/C31H31N5O6/c37-28(34-29-27(16-9-17-32-29)42-22-12-5-2-6-13-22)19-36-25(18-24(35-36)31(39)40)30(38)33-23-14-7-8-15-26(23)41-20-21-10-3-1-4-11-21/h1-6,9-13,16-18,23,26H,7-8,14-15,19-20H2,(H,33,38)(H,39,40)(H,32,34,37)/t23-,26-/m0/s1. The number of pyridine rings is 1. The topological polar surface area (TPSA) is 145 Å². The maximum absolute atomic E-state index is 13.4. The molecule has 1 fully saturated rings. The normalized spacial score (nSPS) is 16.4. The van der Waals surface area contributed by atoms with Crippen molar-refractivity contribution >= 4 is 23.6 Å². The second-order valence-corrected chi connectivity index (χ2v) is 9.89. The van der Waals surface area contributed by atoms with Crippen LogP contribution in [0.15, 0.2) is 85.1 Å². The largest absolute Gasteiger partial charge is 0.476 e. The summed E-state index contributed by atoms with van der Waals surface area (Å²) in [5.41, 5.74) is 0.643. The van der Waals surface area contributed by atoms with Gasteiger partial charge in [0, 0.05) is 12.3 Å². The lowest BCUT2D eigenvalue weighted by molar-refractivity contribution is -0.117.